The van der Waals surface area contributed by atoms with Crippen molar-refractivity contribution in [1.29, 1.82) is 5.26 Å². The Bertz CT molecular complexity index is 1630. The van der Waals surface area contributed by atoms with E-state index in [0.29, 0.717) is 38.0 Å². The van der Waals surface area contributed by atoms with E-state index in [9.17, 15) is 14.9 Å². The maximum atomic E-state index is 14.4. The van der Waals surface area contributed by atoms with Crippen LogP contribution in [0.3, 0.4) is 0 Å². The van der Waals surface area contributed by atoms with Crippen LogP contribution in [-0.4, -0.2) is 64.0 Å². The summed E-state index contributed by atoms with van der Waals surface area (Å²) in [6.07, 6.45) is 0.877. The highest BCUT2D eigenvalue weighted by Crippen LogP contribution is 2.50. The molecule has 2 aliphatic rings. The van der Waals surface area contributed by atoms with Gasteiger partial charge in [0.1, 0.15) is 23.3 Å². The number of H-pyrrole nitrogens is 1. The number of aromatic nitrogens is 3. The summed E-state index contributed by atoms with van der Waals surface area (Å²) < 4.78 is 19.2. The molecule has 1 amide bonds. The van der Waals surface area contributed by atoms with Crippen LogP contribution >= 0.6 is 0 Å². The third kappa shape index (κ3) is 6.39. The lowest BCUT2D eigenvalue weighted by Crippen LogP contribution is -2.49. The van der Waals surface area contributed by atoms with E-state index >= 15 is 0 Å². The van der Waals surface area contributed by atoms with Crippen molar-refractivity contribution >= 4 is 17.7 Å². The Morgan fingerprint density at radius 2 is 1.57 bits per heavy atom. The summed E-state index contributed by atoms with van der Waals surface area (Å²) >= 11 is 0. The first-order valence-corrected chi connectivity index (χ1v) is 16.4. The Morgan fingerprint density at radius 1 is 1.00 bits per heavy atom. The quantitative estimate of drug-likeness (QED) is 0.301. The summed E-state index contributed by atoms with van der Waals surface area (Å²) in [5.74, 6) is 0.459. The molecule has 248 valence electrons. The fourth-order valence-corrected chi connectivity index (χ4v) is 7.13. The monoisotopic (exact) mass is 631 g/mol. The lowest BCUT2D eigenvalue weighted by molar-refractivity contribution is -0.0922. The second kappa shape index (κ2) is 12.4. The van der Waals surface area contributed by atoms with Gasteiger partial charge in [0, 0.05) is 30.5 Å². The van der Waals surface area contributed by atoms with E-state index in [-0.39, 0.29) is 51.4 Å². The number of rotatable bonds is 4. The lowest BCUT2D eigenvalue weighted by Gasteiger charge is -2.50. The molecule has 1 aliphatic heterocycles. The smallest absolute Gasteiger partial charge is 0.416 e. The first-order valence-electron chi connectivity index (χ1n) is 16.4. The minimum atomic E-state index is -0.632. The van der Waals surface area contributed by atoms with E-state index < -0.39 is 12.1 Å². The van der Waals surface area contributed by atoms with E-state index in [4.69, 9.17) is 19.3 Å². The van der Waals surface area contributed by atoms with Crippen LogP contribution in [0.25, 0.3) is 17.0 Å². The van der Waals surface area contributed by atoms with Crippen LogP contribution < -0.4 is 4.74 Å². The van der Waals surface area contributed by atoms with E-state index in [1.54, 1.807) is 0 Å². The summed E-state index contributed by atoms with van der Waals surface area (Å²) in [7, 11) is 0. The van der Waals surface area contributed by atoms with Crippen molar-refractivity contribution in [3.05, 3.63) is 39.9 Å². The number of fused-ring (bicyclic) bond motifs is 1. The number of hydrogen-bond acceptors (Lipinski definition) is 7. The topological polar surface area (TPSA) is 122 Å². The predicted octanol–water partition coefficient (Wildman–Crippen LogP) is 7.24. The molecule has 46 heavy (non-hydrogen) atoms. The van der Waals surface area contributed by atoms with Crippen LogP contribution in [-0.2, 0) is 9.47 Å². The fourth-order valence-electron chi connectivity index (χ4n) is 7.13. The summed E-state index contributed by atoms with van der Waals surface area (Å²) in [5, 5.41) is 15.2. The number of carbonyl (C=O) groups is 2. The number of benzene rings is 1. The maximum absolute atomic E-state index is 14.4. The molecule has 1 saturated heterocycles. The van der Waals surface area contributed by atoms with Gasteiger partial charge in [-0.05, 0) is 79.2 Å². The van der Waals surface area contributed by atoms with Gasteiger partial charge >= 0.3 is 12.1 Å². The number of nitriles is 1. The Kier molecular flexibility index (Phi) is 9.04. The Balaban J connectivity index is 1.64. The van der Waals surface area contributed by atoms with Crippen molar-refractivity contribution in [2.75, 3.05) is 26.3 Å². The van der Waals surface area contributed by atoms with Gasteiger partial charge in [-0.25, -0.2) is 9.59 Å². The molecule has 1 saturated carbocycles. The molecule has 1 N–H and O–H groups in total. The summed E-state index contributed by atoms with van der Waals surface area (Å²) in [6.45, 7) is 23.1. The molecule has 2 aromatic heterocycles. The number of aromatic amines is 1. The Hall–Kier alpha value is -3.84. The Labute approximate surface area is 272 Å². The van der Waals surface area contributed by atoms with Crippen molar-refractivity contribution in [3.8, 4) is 23.3 Å². The largest absolute Gasteiger partial charge is 0.458 e. The zero-order valence-electron chi connectivity index (χ0n) is 29.0. The molecule has 10 nitrogen and oxygen atoms in total. The maximum Gasteiger partial charge on any atom is 0.416 e. The molecular weight excluding hydrogens is 582 g/mol. The number of morpholine rings is 1. The number of ether oxygens (including phenoxy) is 3. The molecule has 0 radical (unpaired) electrons. The molecule has 1 aromatic carbocycles. The highest BCUT2D eigenvalue weighted by atomic mass is 16.6. The van der Waals surface area contributed by atoms with Crippen LogP contribution in [0.1, 0.15) is 93.9 Å². The van der Waals surface area contributed by atoms with Crippen LogP contribution in [0, 0.1) is 60.7 Å². The van der Waals surface area contributed by atoms with E-state index in [2.05, 4.69) is 66.4 Å². The van der Waals surface area contributed by atoms with Gasteiger partial charge in [0.05, 0.1) is 13.2 Å². The lowest BCUT2D eigenvalue weighted by atomic mass is 9.59. The number of nitrogens with one attached hydrogen (secondary N) is 1. The van der Waals surface area contributed by atoms with Crippen LogP contribution in [0.5, 0.6) is 5.88 Å². The number of esters is 1. The van der Waals surface area contributed by atoms with E-state index in [1.807, 2.05) is 26.0 Å². The van der Waals surface area contributed by atoms with Crippen molar-refractivity contribution in [2.45, 2.75) is 88.2 Å². The van der Waals surface area contributed by atoms with Gasteiger partial charge in [0.15, 0.2) is 11.5 Å². The third-order valence-corrected chi connectivity index (χ3v) is 10.1. The standard InChI is InChI=1S/C36H49N5O5/c1-20-15-26(35(5,6)7)29(27(16-20)36(8,9)10)45-33(42)28-25(19-37)32(46-34(43)40-11-13-44-14-12-40)41-31(28)38-30(39-41)24-17-21(2)23(4)22(3)18-24/h17-18,20,26-27,29H,11-16H2,1-10H3,(H,38,39). The number of carbonyl (C=O) groups excluding carboxylic acids is 2. The normalized spacial score (nSPS) is 22.5. The van der Waals surface area contributed by atoms with E-state index in [1.165, 1.54) is 15.0 Å². The number of aryl methyl sites for hydroxylation is 2. The van der Waals surface area contributed by atoms with Crippen LogP contribution in [0.4, 0.5) is 4.79 Å². The molecule has 5 rings (SSSR count). The minimum absolute atomic E-state index is 0.0190. The predicted molar refractivity (Wildman–Crippen MR) is 176 cm³/mol. The van der Waals surface area contributed by atoms with E-state index in [0.717, 1.165) is 29.5 Å². The van der Waals surface area contributed by atoms with Gasteiger partial charge < -0.3 is 24.1 Å². The summed E-state index contributed by atoms with van der Waals surface area (Å²) in [5.41, 5.74) is 4.15. The van der Waals surface area contributed by atoms with Gasteiger partial charge in [-0.3, -0.25) is 0 Å². The second-order valence-corrected chi connectivity index (χ2v) is 15.5. The average molecular weight is 632 g/mol. The second-order valence-electron chi connectivity index (χ2n) is 15.5. The van der Waals surface area contributed by atoms with Crippen LogP contribution in [0.2, 0.25) is 0 Å². The van der Waals surface area contributed by atoms with Crippen molar-refractivity contribution < 1.29 is 23.8 Å². The van der Waals surface area contributed by atoms with Crippen LogP contribution in [0.15, 0.2) is 12.1 Å². The highest BCUT2D eigenvalue weighted by Gasteiger charge is 2.48. The number of amides is 1. The molecule has 0 bridgehead atoms. The molecule has 1 aliphatic carbocycles. The van der Waals surface area contributed by atoms with Crippen molar-refractivity contribution in [3.63, 3.8) is 0 Å². The molecule has 10 heteroatoms. The zero-order valence-corrected chi connectivity index (χ0v) is 29.0. The van der Waals surface area contributed by atoms with Gasteiger partial charge in [0.25, 0.3) is 0 Å². The number of hydrogen-bond donors (Lipinski definition) is 1. The molecule has 3 heterocycles. The first-order chi connectivity index (χ1) is 21.5. The molecule has 0 spiro atoms. The minimum Gasteiger partial charge on any atom is -0.458 e. The molecule has 3 aromatic rings. The van der Waals surface area contributed by atoms with Crippen molar-refractivity contribution in [1.82, 2.24) is 19.5 Å². The zero-order chi connectivity index (χ0) is 33.7. The SMILES string of the molecule is Cc1cc(-c2nn3c(OC(=O)N4CCOCC4)c(C#N)c(C(=O)OC4C(C(C)(C)C)CC(C)CC4C(C)(C)C)c3[nH]2)cc(C)c1C. The van der Waals surface area contributed by atoms with Gasteiger partial charge in [-0.15, -0.1) is 5.10 Å². The average Bonchev–Trinajstić information content (AvgIpc) is 3.53. The van der Waals surface area contributed by atoms with Gasteiger partial charge in [0.2, 0.25) is 5.88 Å². The van der Waals surface area contributed by atoms with Crippen molar-refractivity contribution in [2.24, 2.45) is 28.6 Å². The Morgan fingerprint density at radius 3 is 2.09 bits per heavy atom. The van der Waals surface area contributed by atoms with Gasteiger partial charge in [-0.1, -0.05) is 48.5 Å². The molecule has 2 atom stereocenters. The summed E-state index contributed by atoms with van der Waals surface area (Å²) in [6, 6.07) is 6.18. The number of nitrogens with zero attached hydrogens (tertiary/aromatic N) is 4. The third-order valence-electron chi connectivity index (χ3n) is 10.1. The molecule has 2 unspecified atom stereocenters. The van der Waals surface area contributed by atoms with Gasteiger partial charge in [-0.2, -0.15) is 9.78 Å². The summed E-state index contributed by atoms with van der Waals surface area (Å²) in [4.78, 5) is 32.5. The molecular formula is C36H49N5O5. The highest BCUT2D eigenvalue weighted by molar-refractivity contribution is 6.01. The molecule has 2 fully saturated rings. The first kappa shape index (κ1) is 33.5. The fraction of sp³-hybridized carbons (Fsp3) is 0.611.